The summed E-state index contributed by atoms with van der Waals surface area (Å²) < 4.78 is 0. The van der Waals surface area contributed by atoms with Gasteiger partial charge in [0.1, 0.15) is 0 Å². The molecule has 0 aliphatic heterocycles. The SMILES string of the molecule is CC.CC.CC.CC.CC.CC.CC.CC.CC.CC.CC.CC.CCC(C)CC.CCC(C)CC.CCN(C)CC.CCN(C)Cc1cccc2c1-c1ccccc1C2.c1ccc2c(c1)Cc1ccccc1-2.c1ccc2c(c1)Cc1ccccc1-2.c1ccc2c(c1)Cc1ccccc1-2.c1ccc2c(c1)Cc1ccccc1C21c2ccccc2-c2ccccc21. The number of rotatable bonds is 9. The Morgan fingerprint density at radius 1 is 0.208 bits per heavy atom. The van der Waals surface area contributed by atoms with Gasteiger partial charge in [0.2, 0.25) is 0 Å². The van der Waals surface area contributed by atoms with E-state index in [9.17, 15) is 0 Å². The lowest BCUT2D eigenvalue weighted by Crippen LogP contribution is -2.34. The van der Waals surface area contributed by atoms with Gasteiger partial charge >= 0.3 is 0 Å². The molecular formula is C123H180N2. The molecule has 0 atom stereocenters. The van der Waals surface area contributed by atoms with Gasteiger partial charge in [-0.25, -0.2) is 0 Å². The van der Waals surface area contributed by atoms with Gasteiger partial charge in [-0.05, 0) is 217 Å². The molecule has 12 aromatic rings. The Morgan fingerprint density at radius 2 is 0.400 bits per heavy atom. The lowest BCUT2D eigenvalue weighted by molar-refractivity contribution is 0.346. The zero-order valence-electron chi connectivity index (χ0n) is 86.4. The Bertz CT molecular complexity index is 4190. The summed E-state index contributed by atoms with van der Waals surface area (Å²) in [6, 6.07) is 103. The maximum absolute atomic E-state index is 2.36. The first-order chi connectivity index (χ1) is 61.5. The van der Waals surface area contributed by atoms with E-state index in [1.807, 2.05) is 166 Å². The Kier molecular flexibility index (Phi) is 67.4. The summed E-state index contributed by atoms with van der Waals surface area (Å²) in [6.07, 6.45) is 10.7. The minimum atomic E-state index is -0.196. The first kappa shape index (κ1) is 118. The maximum atomic E-state index is 2.36. The highest BCUT2D eigenvalue weighted by Crippen LogP contribution is 2.59. The first-order valence-corrected chi connectivity index (χ1v) is 49.9. The van der Waals surface area contributed by atoms with Crippen LogP contribution in [0.25, 0.3) is 55.6 Å². The average Bonchev–Trinajstić information content (AvgIpc) is 1.54. The second-order valence-corrected chi connectivity index (χ2v) is 28.3. The largest absolute Gasteiger partial charge is 0.307 e. The van der Waals surface area contributed by atoms with Gasteiger partial charge in [0, 0.05) is 6.54 Å². The van der Waals surface area contributed by atoms with Crippen molar-refractivity contribution in [1.82, 2.24) is 9.80 Å². The van der Waals surface area contributed by atoms with Crippen molar-refractivity contribution in [2.75, 3.05) is 33.7 Å². The van der Waals surface area contributed by atoms with Gasteiger partial charge in [0.25, 0.3) is 0 Å². The molecule has 0 saturated carbocycles. The van der Waals surface area contributed by atoms with Gasteiger partial charge in [0.05, 0.1) is 5.41 Å². The normalized spacial score (nSPS) is 10.8. The monoisotopic (exact) mass is 1690 g/mol. The van der Waals surface area contributed by atoms with Crippen LogP contribution in [0.1, 0.15) is 338 Å². The molecule has 2 nitrogen and oxygen atoms in total. The highest BCUT2D eigenvalue weighted by molar-refractivity contribution is 5.88. The predicted octanol–water partition coefficient (Wildman–Crippen LogP) is 37.6. The molecule has 0 radical (unpaired) electrons. The van der Waals surface area contributed by atoms with Crippen LogP contribution in [0.2, 0.25) is 0 Å². The molecule has 0 aromatic heterocycles. The van der Waals surface area contributed by atoms with Gasteiger partial charge < -0.3 is 9.80 Å². The Balaban J connectivity index is 0. The third-order valence-electron chi connectivity index (χ3n) is 22.0. The molecule has 0 N–H and O–H groups in total. The summed E-state index contributed by atoms with van der Waals surface area (Å²) in [4.78, 5) is 4.61. The summed E-state index contributed by atoms with van der Waals surface area (Å²) in [5.74, 6) is 1.87. The van der Waals surface area contributed by atoms with Crippen LogP contribution in [0.3, 0.4) is 0 Å². The lowest BCUT2D eigenvalue weighted by Gasteiger charge is -2.40. The van der Waals surface area contributed by atoms with Crippen LogP contribution in [0, 0.1) is 11.8 Å². The van der Waals surface area contributed by atoms with Crippen molar-refractivity contribution in [2.45, 2.75) is 298 Å². The van der Waals surface area contributed by atoms with Crippen molar-refractivity contribution < 1.29 is 0 Å². The number of benzene rings is 12. The Morgan fingerprint density at radius 3 is 0.640 bits per heavy atom. The third-order valence-corrected chi connectivity index (χ3v) is 22.0. The second-order valence-electron chi connectivity index (χ2n) is 28.3. The number of fused-ring (bicyclic) bond motifs is 21. The topological polar surface area (TPSA) is 6.48 Å². The molecule has 0 heterocycles. The summed E-state index contributed by atoms with van der Waals surface area (Å²) >= 11 is 0. The quantitative estimate of drug-likeness (QED) is 0.142. The third kappa shape index (κ3) is 33.7. The van der Waals surface area contributed by atoms with E-state index >= 15 is 0 Å². The van der Waals surface area contributed by atoms with Gasteiger partial charge in [-0.15, -0.1) is 0 Å². The molecule has 0 bridgehead atoms. The molecule has 12 aromatic carbocycles. The summed E-state index contributed by atoms with van der Waals surface area (Å²) in [6.45, 7) is 72.4. The molecular weight excluding hydrogens is 1510 g/mol. The highest BCUT2D eigenvalue weighted by atomic mass is 15.1. The van der Waals surface area contributed by atoms with Crippen molar-refractivity contribution in [3.63, 3.8) is 0 Å². The van der Waals surface area contributed by atoms with E-state index in [2.05, 4.69) is 371 Å². The van der Waals surface area contributed by atoms with Gasteiger partial charge in [-0.3, -0.25) is 0 Å². The van der Waals surface area contributed by atoms with Crippen LogP contribution in [-0.2, 0) is 44.1 Å². The molecule has 125 heavy (non-hydrogen) atoms. The van der Waals surface area contributed by atoms with Crippen molar-refractivity contribution in [2.24, 2.45) is 11.8 Å². The van der Waals surface area contributed by atoms with E-state index in [1.165, 1.54) is 165 Å². The minimum Gasteiger partial charge on any atom is -0.307 e. The molecule has 0 unspecified atom stereocenters. The molecule has 0 amide bonds. The smallest absolute Gasteiger partial charge is 0.0719 e. The van der Waals surface area contributed by atoms with E-state index in [1.54, 1.807) is 0 Å². The van der Waals surface area contributed by atoms with Crippen molar-refractivity contribution in [1.29, 1.82) is 0 Å². The predicted molar refractivity (Wildman–Crippen MR) is 572 cm³/mol. The highest BCUT2D eigenvalue weighted by Gasteiger charge is 2.49. The van der Waals surface area contributed by atoms with Crippen molar-refractivity contribution in [3.8, 4) is 55.6 Å². The van der Waals surface area contributed by atoms with Crippen molar-refractivity contribution in [3.05, 3.63) is 369 Å². The Labute approximate surface area is 772 Å². The Hall–Kier alpha value is -9.44. The molecule has 682 valence electrons. The molecule has 2 heteroatoms. The summed E-state index contributed by atoms with van der Waals surface area (Å²) in [5.41, 5.74) is 35.7. The van der Waals surface area contributed by atoms with Crippen LogP contribution in [-0.4, -0.2) is 43.5 Å². The van der Waals surface area contributed by atoms with Crippen LogP contribution in [0.5, 0.6) is 0 Å². The van der Waals surface area contributed by atoms with Gasteiger partial charge in [-0.1, -0.05) is 539 Å². The van der Waals surface area contributed by atoms with E-state index in [4.69, 9.17) is 0 Å². The summed E-state index contributed by atoms with van der Waals surface area (Å²) in [5, 5.41) is 0. The van der Waals surface area contributed by atoms with Gasteiger partial charge in [0.15, 0.2) is 0 Å². The standard InChI is InChI=1S/C26H18.C17H19N.3C13H10.2C6H14.C5H13N.12C2H6/c1-5-13-22-18(9-1)17-19-10-2-6-14-23(19)26(22)24-15-7-3-11-20(24)21-12-4-8-16-25(21)26;1-3-18(2)12-15-9-6-8-14-11-13-7-4-5-10-16(13)17(14)15;3*1-3-7-12-10(5-1)9-11-6-2-4-8-13(11)12;3*1-4-6(3)5-2;12*1-2/h1-16H,17H2;4-10H,3,11-12H2,1-2H3;3*1-8H,9H2;2*6H,4-5H2,1-3H3;4-5H2,1-3H3;12*1-2H3. The average molecular weight is 1690 g/mol. The molecule has 0 fully saturated rings. The van der Waals surface area contributed by atoms with E-state index in [0.29, 0.717) is 0 Å². The number of nitrogens with zero attached hydrogens (tertiary/aromatic N) is 2. The maximum Gasteiger partial charge on any atom is 0.0719 e. The lowest BCUT2D eigenvalue weighted by atomic mass is 9.61. The molecule has 6 aliphatic rings. The second kappa shape index (κ2) is 71.7. The zero-order valence-corrected chi connectivity index (χ0v) is 86.4. The molecule has 1 spiro atoms. The van der Waals surface area contributed by atoms with E-state index in [0.717, 1.165) is 70.1 Å². The van der Waals surface area contributed by atoms with Crippen LogP contribution in [0.15, 0.2) is 285 Å². The van der Waals surface area contributed by atoms with Gasteiger partial charge in [-0.2, -0.15) is 0 Å². The molecule has 6 aliphatic carbocycles. The van der Waals surface area contributed by atoms with Crippen LogP contribution >= 0.6 is 0 Å². The van der Waals surface area contributed by atoms with Crippen molar-refractivity contribution >= 4 is 0 Å². The van der Waals surface area contributed by atoms with Crippen LogP contribution in [0.4, 0.5) is 0 Å². The fourth-order valence-corrected chi connectivity index (χ4v) is 15.1. The number of hydrogen-bond acceptors (Lipinski definition) is 2. The first-order valence-electron chi connectivity index (χ1n) is 49.9. The number of hydrogen-bond donors (Lipinski definition) is 0. The fraction of sp³-hybridized carbons (Fsp3) is 0.415. The molecule has 18 rings (SSSR count). The molecule has 0 saturated heterocycles. The fourth-order valence-electron chi connectivity index (χ4n) is 15.1. The minimum absolute atomic E-state index is 0.196. The van der Waals surface area contributed by atoms with E-state index < -0.39 is 0 Å². The van der Waals surface area contributed by atoms with E-state index in [-0.39, 0.29) is 5.41 Å². The summed E-state index contributed by atoms with van der Waals surface area (Å²) in [7, 11) is 4.29. The van der Waals surface area contributed by atoms with Crippen LogP contribution < -0.4 is 0 Å². The zero-order chi connectivity index (χ0) is 94.7.